The van der Waals surface area contributed by atoms with Crippen LogP contribution in [-0.2, 0) is 9.53 Å². The van der Waals surface area contributed by atoms with E-state index in [4.69, 9.17) is 4.74 Å². The summed E-state index contributed by atoms with van der Waals surface area (Å²) in [7, 11) is 5.82. The molecule has 5 nitrogen and oxygen atoms in total. The Morgan fingerprint density at radius 2 is 2.29 bits per heavy atom. The summed E-state index contributed by atoms with van der Waals surface area (Å²) in [5, 5.41) is 3.10. The molecule has 1 fully saturated rings. The maximum absolute atomic E-state index is 11.9. The Bertz CT molecular complexity index is 234. The van der Waals surface area contributed by atoms with E-state index in [0.717, 1.165) is 26.1 Å². The smallest absolute Gasteiger partial charge is 0.236 e. The number of carbonyl (C=O) groups excluding carboxylic acids is 1. The molecule has 1 aliphatic heterocycles. The highest BCUT2D eigenvalue weighted by Gasteiger charge is 2.24. The molecule has 17 heavy (non-hydrogen) atoms. The fourth-order valence-corrected chi connectivity index (χ4v) is 2.08. The van der Waals surface area contributed by atoms with Gasteiger partial charge in [0.2, 0.25) is 5.91 Å². The van der Waals surface area contributed by atoms with Crippen molar-refractivity contribution >= 4 is 5.91 Å². The van der Waals surface area contributed by atoms with Gasteiger partial charge in [-0.25, -0.2) is 0 Å². The van der Waals surface area contributed by atoms with Crippen LogP contribution in [0.4, 0.5) is 0 Å². The normalized spacial score (nSPS) is 20.9. The number of nitrogens with zero attached hydrogens (tertiary/aromatic N) is 2. The predicted molar refractivity (Wildman–Crippen MR) is 68.0 cm³/mol. The highest BCUT2D eigenvalue weighted by Crippen LogP contribution is 2.13. The molecule has 0 radical (unpaired) electrons. The minimum absolute atomic E-state index is 0.202. The average Bonchev–Trinajstić information content (AvgIpc) is 2.34. The van der Waals surface area contributed by atoms with Gasteiger partial charge in [0.05, 0.1) is 13.2 Å². The van der Waals surface area contributed by atoms with Gasteiger partial charge in [-0.15, -0.1) is 0 Å². The van der Waals surface area contributed by atoms with Gasteiger partial charge in [-0.3, -0.25) is 4.79 Å². The first kappa shape index (κ1) is 14.4. The van der Waals surface area contributed by atoms with E-state index in [1.165, 1.54) is 6.42 Å². The summed E-state index contributed by atoms with van der Waals surface area (Å²) in [6, 6.07) is 0.506. The first-order valence-electron chi connectivity index (χ1n) is 6.29. The van der Waals surface area contributed by atoms with E-state index in [1.54, 1.807) is 7.11 Å². The maximum atomic E-state index is 11.9. The number of rotatable bonds is 6. The first-order valence-corrected chi connectivity index (χ1v) is 6.29. The molecule has 0 spiro atoms. The van der Waals surface area contributed by atoms with Crippen LogP contribution in [0.1, 0.15) is 12.8 Å². The Balaban J connectivity index is 2.26. The van der Waals surface area contributed by atoms with Gasteiger partial charge in [0.15, 0.2) is 0 Å². The van der Waals surface area contributed by atoms with E-state index in [9.17, 15) is 4.79 Å². The average molecular weight is 243 g/mol. The summed E-state index contributed by atoms with van der Waals surface area (Å²) >= 11 is 0. The summed E-state index contributed by atoms with van der Waals surface area (Å²) in [4.78, 5) is 16.1. The number of likely N-dealkylation sites (N-methyl/N-ethyl adjacent to an activating group) is 1. The van der Waals surface area contributed by atoms with Gasteiger partial charge in [-0.05, 0) is 26.9 Å². The topological polar surface area (TPSA) is 44.8 Å². The summed E-state index contributed by atoms with van der Waals surface area (Å²) in [6.07, 6.45) is 2.29. The van der Waals surface area contributed by atoms with Gasteiger partial charge in [-0.1, -0.05) is 0 Å². The molecule has 0 aliphatic carbocycles. The third kappa shape index (κ3) is 5.02. The number of methoxy groups -OCH3 is 1. The van der Waals surface area contributed by atoms with E-state index in [-0.39, 0.29) is 5.91 Å². The first-order chi connectivity index (χ1) is 8.15. The monoisotopic (exact) mass is 243 g/mol. The molecule has 0 aromatic rings. The Hall–Kier alpha value is -0.650. The zero-order chi connectivity index (χ0) is 12.7. The molecule has 1 N–H and O–H groups in total. The molecule has 1 rings (SSSR count). The molecule has 1 unspecified atom stereocenters. The van der Waals surface area contributed by atoms with Crippen molar-refractivity contribution in [3.8, 4) is 0 Å². The van der Waals surface area contributed by atoms with E-state index in [0.29, 0.717) is 19.2 Å². The van der Waals surface area contributed by atoms with Gasteiger partial charge in [0.1, 0.15) is 0 Å². The highest BCUT2D eigenvalue weighted by molar-refractivity contribution is 5.78. The number of nitrogens with one attached hydrogen (secondary N) is 1. The lowest BCUT2D eigenvalue weighted by Gasteiger charge is -2.36. The number of hydrogen-bond donors (Lipinski definition) is 1. The molecule has 1 atom stereocenters. The lowest BCUT2D eigenvalue weighted by molar-refractivity contribution is -0.132. The number of carbonyl (C=O) groups is 1. The second-order valence-corrected chi connectivity index (χ2v) is 4.77. The van der Waals surface area contributed by atoms with Crippen molar-refractivity contribution < 1.29 is 9.53 Å². The van der Waals surface area contributed by atoms with Crippen molar-refractivity contribution in [3.63, 3.8) is 0 Å². The van der Waals surface area contributed by atoms with Crippen LogP contribution in [0.15, 0.2) is 0 Å². The lowest BCUT2D eigenvalue weighted by atomic mass is 10.0. The van der Waals surface area contributed by atoms with Gasteiger partial charge in [-0.2, -0.15) is 0 Å². The molecule has 1 amide bonds. The van der Waals surface area contributed by atoms with Gasteiger partial charge in [0, 0.05) is 32.8 Å². The SMILES string of the molecule is COCCNCC(=O)N1CCCC(N(C)C)C1. The summed E-state index contributed by atoms with van der Waals surface area (Å²) < 4.78 is 4.92. The third-order valence-electron chi connectivity index (χ3n) is 3.24. The summed E-state index contributed by atoms with van der Waals surface area (Å²) in [5.74, 6) is 0.202. The highest BCUT2D eigenvalue weighted by atomic mass is 16.5. The van der Waals surface area contributed by atoms with Crippen molar-refractivity contribution in [1.82, 2.24) is 15.1 Å². The molecule has 0 saturated carbocycles. The van der Waals surface area contributed by atoms with E-state index >= 15 is 0 Å². The molecule has 0 aromatic heterocycles. The van der Waals surface area contributed by atoms with Gasteiger partial charge in [0.25, 0.3) is 0 Å². The second kappa shape index (κ2) is 7.63. The molecule has 0 aromatic carbocycles. The quantitative estimate of drug-likeness (QED) is 0.655. The predicted octanol–water partition coefficient (Wildman–Crippen LogP) is -0.225. The van der Waals surface area contributed by atoms with Crippen molar-refractivity contribution in [3.05, 3.63) is 0 Å². The number of hydrogen-bond acceptors (Lipinski definition) is 4. The molecular weight excluding hydrogens is 218 g/mol. The molecule has 100 valence electrons. The minimum Gasteiger partial charge on any atom is -0.383 e. The summed E-state index contributed by atoms with van der Waals surface area (Å²) in [6.45, 7) is 3.55. The van der Waals surface area contributed by atoms with Gasteiger partial charge >= 0.3 is 0 Å². The van der Waals surface area contributed by atoms with E-state index in [1.807, 2.05) is 4.90 Å². The van der Waals surface area contributed by atoms with Crippen LogP contribution >= 0.6 is 0 Å². The molecule has 1 heterocycles. The molecule has 0 bridgehead atoms. The molecular formula is C12H25N3O2. The lowest BCUT2D eigenvalue weighted by Crippen LogP contribution is -2.49. The Morgan fingerprint density at radius 1 is 1.53 bits per heavy atom. The van der Waals surface area contributed by atoms with E-state index in [2.05, 4.69) is 24.3 Å². The fraction of sp³-hybridized carbons (Fsp3) is 0.917. The number of piperidine rings is 1. The van der Waals surface area contributed by atoms with E-state index < -0.39 is 0 Å². The standard InChI is InChI=1S/C12H25N3O2/c1-14(2)11-5-4-7-15(10-11)12(16)9-13-6-8-17-3/h11,13H,4-10H2,1-3H3. The number of amides is 1. The Morgan fingerprint density at radius 3 is 2.94 bits per heavy atom. The number of ether oxygens (including phenoxy) is 1. The van der Waals surface area contributed by atoms with Crippen LogP contribution in [0.3, 0.4) is 0 Å². The maximum Gasteiger partial charge on any atom is 0.236 e. The van der Waals surface area contributed by atoms with Crippen molar-refractivity contribution in [2.24, 2.45) is 0 Å². The molecule has 5 heteroatoms. The molecule has 1 aliphatic rings. The largest absolute Gasteiger partial charge is 0.383 e. The zero-order valence-corrected chi connectivity index (χ0v) is 11.2. The second-order valence-electron chi connectivity index (χ2n) is 4.77. The Labute approximate surface area is 104 Å². The van der Waals surface area contributed by atoms with Crippen LogP contribution in [-0.4, -0.2) is 75.7 Å². The minimum atomic E-state index is 0.202. The Kier molecular flexibility index (Phi) is 6.47. The number of likely N-dealkylation sites (tertiary alicyclic amines) is 1. The molecule has 1 saturated heterocycles. The van der Waals surface area contributed by atoms with Crippen LogP contribution in [0.25, 0.3) is 0 Å². The van der Waals surface area contributed by atoms with Crippen molar-refractivity contribution in [2.75, 3.05) is 54.0 Å². The van der Waals surface area contributed by atoms with Crippen molar-refractivity contribution in [1.29, 1.82) is 0 Å². The fourth-order valence-electron chi connectivity index (χ4n) is 2.08. The summed E-state index contributed by atoms with van der Waals surface area (Å²) in [5.41, 5.74) is 0. The van der Waals surface area contributed by atoms with Crippen molar-refractivity contribution in [2.45, 2.75) is 18.9 Å². The third-order valence-corrected chi connectivity index (χ3v) is 3.24. The van der Waals surface area contributed by atoms with Crippen LogP contribution in [0.2, 0.25) is 0 Å². The van der Waals surface area contributed by atoms with Crippen LogP contribution < -0.4 is 5.32 Å². The van der Waals surface area contributed by atoms with Crippen LogP contribution in [0.5, 0.6) is 0 Å². The van der Waals surface area contributed by atoms with Crippen LogP contribution in [0, 0.1) is 0 Å². The van der Waals surface area contributed by atoms with Gasteiger partial charge < -0.3 is 19.9 Å². The zero-order valence-electron chi connectivity index (χ0n) is 11.2.